The van der Waals surface area contributed by atoms with Gasteiger partial charge in [-0.15, -0.1) is 0 Å². The third-order valence-electron chi connectivity index (χ3n) is 6.69. The highest BCUT2D eigenvalue weighted by atomic mass is 19.1. The van der Waals surface area contributed by atoms with E-state index in [-0.39, 0.29) is 30.1 Å². The lowest BCUT2D eigenvalue weighted by Crippen LogP contribution is -2.37. The molecule has 39 heavy (non-hydrogen) atoms. The number of nitrogens with one attached hydrogen (secondary N) is 1. The van der Waals surface area contributed by atoms with Crippen LogP contribution in [0, 0.1) is 11.6 Å². The fourth-order valence-electron chi connectivity index (χ4n) is 4.87. The number of aliphatic hydroxyl groups is 1. The second-order valence-corrected chi connectivity index (χ2v) is 9.65. The van der Waals surface area contributed by atoms with Crippen molar-refractivity contribution in [3.8, 4) is 0 Å². The van der Waals surface area contributed by atoms with Gasteiger partial charge in [0.1, 0.15) is 11.6 Å². The van der Waals surface area contributed by atoms with Crippen molar-refractivity contribution in [2.75, 3.05) is 19.6 Å². The number of carbonyl (C=O) groups is 2. The van der Waals surface area contributed by atoms with Gasteiger partial charge in [0.2, 0.25) is 5.91 Å². The molecule has 6 nitrogen and oxygen atoms in total. The van der Waals surface area contributed by atoms with Crippen LogP contribution >= 0.6 is 0 Å². The number of nitrogens with zero attached hydrogens (tertiary/aromatic N) is 1. The molecule has 8 heteroatoms. The van der Waals surface area contributed by atoms with Crippen molar-refractivity contribution in [3.05, 3.63) is 106 Å². The van der Waals surface area contributed by atoms with E-state index in [9.17, 15) is 23.5 Å². The minimum absolute atomic E-state index is 0.00180. The van der Waals surface area contributed by atoms with Crippen LogP contribution in [-0.4, -0.2) is 47.6 Å². The van der Waals surface area contributed by atoms with Crippen molar-refractivity contribution >= 4 is 11.8 Å². The standard InChI is InChI=1S/C31H37F2N3O3/c1-3-15-36(16-4-2)31(39)25-12-8-11-24(30(34)38)29(25)26(17-21-9-6-5-7-10-21)28(37)20-35-19-22-18-23(32)13-14-27(22)33/h5-14,18,26,28,35,37H,3-4,15-17,19-20H2,1-2H3,(H2,34,38)/t26-,28+/m1/s1. The van der Waals surface area contributed by atoms with Crippen LogP contribution in [0.25, 0.3) is 0 Å². The first kappa shape index (κ1) is 29.9. The molecule has 2 amide bonds. The average molecular weight is 538 g/mol. The number of benzene rings is 3. The number of hydrogen-bond donors (Lipinski definition) is 3. The number of carbonyl (C=O) groups excluding carboxylic acids is 2. The molecule has 208 valence electrons. The Morgan fingerprint density at radius 1 is 0.949 bits per heavy atom. The Kier molecular flexibility index (Phi) is 11.1. The SMILES string of the molecule is CCCN(CCC)C(=O)c1cccc(C(N)=O)c1[C@H](Cc1ccccc1)[C@@H](O)CNCc1cc(F)ccc1F. The van der Waals surface area contributed by atoms with E-state index in [0.29, 0.717) is 30.6 Å². The summed E-state index contributed by atoms with van der Waals surface area (Å²) in [5.74, 6) is -2.73. The molecule has 0 spiro atoms. The van der Waals surface area contributed by atoms with Gasteiger partial charge < -0.3 is 21.1 Å². The molecule has 0 unspecified atom stereocenters. The first-order valence-corrected chi connectivity index (χ1v) is 13.3. The zero-order valence-electron chi connectivity index (χ0n) is 22.5. The molecule has 3 rings (SSSR count). The Labute approximate surface area is 228 Å². The summed E-state index contributed by atoms with van der Waals surface area (Å²) in [4.78, 5) is 28.1. The Balaban J connectivity index is 2.02. The van der Waals surface area contributed by atoms with Crippen LogP contribution in [0.15, 0.2) is 66.7 Å². The topological polar surface area (TPSA) is 95.7 Å². The largest absolute Gasteiger partial charge is 0.391 e. The molecular weight excluding hydrogens is 500 g/mol. The number of nitrogens with two attached hydrogens (primary N) is 1. The molecule has 0 aromatic heterocycles. The van der Waals surface area contributed by atoms with Crippen LogP contribution in [0.4, 0.5) is 8.78 Å². The lowest BCUT2D eigenvalue weighted by Gasteiger charge is -2.29. The summed E-state index contributed by atoms with van der Waals surface area (Å²) >= 11 is 0. The van der Waals surface area contributed by atoms with Crippen molar-refractivity contribution in [1.82, 2.24) is 10.2 Å². The Morgan fingerprint density at radius 2 is 1.62 bits per heavy atom. The fraction of sp³-hybridized carbons (Fsp3) is 0.355. The molecule has 3 aromatic carbocycles. The van der Waals surface area contributed by atoms with E-state index in [1.807, 2.05) is 44.2 Å². The highest BCUT2D eigenvalue weighted by Crippen LogP contribution is 2.32. The van der Waals surface area contributed by atoms with Gasteiger partial charge in [0.25, 0.3) is 5.91 Å². The second-order valence-electron chi connectivity index (χ2n) is 9.65. The second kappa shape index (κ2) is 14.5. The van der Waals surface area contributed by atoms with Gasteiger partial charge in [-0.25, -0.2) is 8.78 Å². The van der Waals surface area contributed by atoms with Crippen molar-refractivity contribution in [1.29, 1.82) is 0 Å². The van der Waals surface area contributed by atoms with E-state index in [2.05, 4.69) is 5.32 Å². The molecule has 0 aliphatic carbocycles. The maximum absolute atomic E-state index is 14.1. The minimum atomic E-state index is -1.08. The minimum Gasteiger partial charge on any atom is -0.391 e. The van der Waals surface area contributed by atoms with Crippen LogP contribution < -0.4 is 11.1 Å². The van der Waals surface area contributed by atoms with Gasteiger partial charge in [-0.3, -0.25) is 9.59 Å². The van der Waals surface area contributed by atoms with Gasteiger partial charge in [-0.05, 0) is 60.7 Å². The maximum atomic E-state index is 14.1. The number of hydrogen-bond acceptors (Lipinski definition) is 4. The van der Waals surface area contributed by atoms with Crippen molar-refractivity contribution in [2.24, 2.45) is 5.73 Å². The van der Waals surface area contributed by atoms with E-state index >= 15 is 0 Å². The van der Waals surface area contributed by atoms with Crippen molar-refractivity contribution < 1.29 is 23.5 Å². The third-order valence-corrected chi connectivity index (χ3v) is 6.69. The van der Waals surface area contributed by atoms with Gasteiger partial charge in [0, 0.05) is 48.8 Å². The van der Waals surface area contributed by atoms with E-state index in [0.717, 1.165) is 36.6 Å². The van der Waals surface area contributed by atoms with Crippen LogP contribution in [0.5, 0.6) is 0 Å². The summed E-state index contributed by atoms with van der Waals surface area (Å²) < 4.78 is 27.7. The molecule has 0 radical (unpaired) electrons. The van der Waals surface area contributed by atoms with Crippen LogP contribution in [0.2, 0.25) is 0 Å². The van der Waals surface area contributed by atoms with Crippen molar-refractivity contribution in [2.45, 2.75) is 51.7 Å². The number of primary amides is 1. The normalized spacial score (nSPS) is 12.6. The summed E-state index contributed by atoms with van der Waals surface area (Å²) in [6.07, 6.45) is 0.782. The predicted octanol–water partition coefficient (Wildman–Crippen LogP) is 4.80. The number of halogens is 2. The zero-order chi connectivity index (χ0) is 28.4. The van der Waals surface area contributed by atoms with E-state index in [1.165, 1.54) is 0 Å². The van der Waals surface area contributed by atoms with E-state index in [4.69, 9.17) is 5.73 Å². The van der Waals surface area contributed by atoms with E-state index in [1.54, 1.807) is 23.1 Å². The Hall–Kier alpha value is -3.62. The maximum Gasteiger partial charge on any atom is 0.254 e. The summed E-state index contributed by atoms with van der Waals surface area (Å²) in [7, 11) is 0. The Bertz CT molecular complexity index is 1250. The molecule has 4 N–H and O–H groups in total. The van der Waals surface area contributed by atoms with Gasteiger partial charge in [-0.2, -0.15) is 0 Å². The first-order valence-electron chi connectivity index (χ1n) is 13.3. The number of aliphatic hydroxyl groups excluding tert-OH is 1. The molecule has 0 fully saturated rings. The summed E-state index contributed by atoms with van der Waals surface area (Å²) in [6.45, 7) is 5.08. The smallest absolute Gasteiger partial charge is 0.254 e. The van der Waals surface area contributed by atoms with Gasteiger partial charge in [-0.1, -0.05) is 50.2 Å². The molecule has 0 saturated heterocycles. The molecule has 0 aliphatic rings. The highest BCUT2D eigenvalue weighted by molar-refractivity contribution is 6.02. The van der Waals surface area contributed by atoms with Crippen LogP contribution in [0.1, 0.15) is 70.0 Å². The number of amides is 2. The van der Waals surface area contributed by atoms with Crippen LogP contribution in [0.3, 0.4) is 0 Å². The van der Waals surface area contributed by atoms with Crippen LogP contribution in [-0.2, 0) is 13.0 Å². The highest BCUT2D eigenvalue weighted by Gasteiger charge is 2.31. The molecule has 0 saturated carbocycles. The van der Waals surface area contributed by atoms with Crippen molar-refractivity contribution in [3.63, 3.8) is 0 Å². The molecule has 0 bridgehead atoms. The fourth-order valence-corrected chi connectivity index (χ4v) is 4.87. The molecular formula is C31H37F2N3O3. The Morgan fingerprint density at radius 3 is 2.26 bits per heavy atom. The van der Waals surface area contributed by atoms with Gasteiger partial charge in [0.05, 0.1) is 6.10 Å². The quantitative estimate of drug-likeness (QED) is 0.275. The van der Waals surface area contributed by atoms with Gasteiger partial charge >= 0.3 is 0 Å². The summed E-state index contributed by atoms with van der Waals surface area (Å²) in [5.41, 5.74) is 7.69. The number of rotatable bonds is 14. The molecule has 3 aromatic rings. The molecule has 2 atom stereocenters. The average Bonchev–Trinajstić information content (AvgIpc) is 2.93. The molecule has 0 aliphatic heterocycles. The summed E-state index contributed by atoms with van der Waals surface area (Å²) in [5, 5.41) is 14.5. The third kappa shape index (κ3) is 7.94. The predicted molar refractivity (Wildman–Crippen MR) is 148 cm³/mol. The summed E-state index contributed by atoms with van der Waals surface area (Å²) in [6, 6.07) is 17.5. The first-order chi connectivity index (χ1) is 18.8. The lowest BCUT2D eigenvalue weighted by atomic mass is 9.81. The van der Waals surface area contributed by atoms with Gasteiger partial charge in [0.15, 0.2) is 0 Å². The zero-order valence-corrected chi connectivity index (χ0v) is 22.5. The molecule has 0 heterocycles. The monoisotopic (exact) mass is 537 g/mol. The van der Waals surface area contributed by atoms with E-state index < -0.39 is 29.6 Å². The lowest BCUT2D eigenvalue weighted by molar-refractivity contribution is 0.0751.